The molecular weight excluding hydrogens is 484 g/mol. The first-order chi connectivity index (χ1) is 17.1. The highest BCUT2D eigenvalue weighted by Crippen LogP contribution is 2.45. The van der Waals surface area contributed by atoms with Crippen LogP contribution in [0.15, 0.2) is 77.1 Å². The van der Waals surface area contributed by atoms with Crippen LogP contribution < -0.4 is 0 Å². The summed E-state index contributed by atoms with van der Waals surface area (Å²) < 4.78 is 6.11. The van der Waals surface area contributed by atoms with Crippen molar-refractivity contribution in [2.75, 3.05) is 5.75 Å². The SMILES string of the molecule is [C-]#[N+][C@@H]1C(=O)N2C(C(=O)OC(c3ccccc3)c3ccccc3)=C(C(C)Sc3nn[nH]n3)CS[C@H]12. The minimum absolute atomic E-state index is 0.207. The van der Waals surface area contributed by atoms with E-state index in [4.69, 9.17) is 11.3 Å². The Labute approximate surface area is 210 Å². The van der Waals surface area contributed by atoms with Crippen molar-refractivity contribution in [2.45, 2.75) is 34.8 Å². The largest absolute Gasteiger partial charge is 0.448 e. The van der Waals surface area contributed by atoms with Crippen molar-refractivity contribution in [3.05, 3.63) is 94.5 Å². The number of hydrogen-bond donors (Lipinski definition) is 1. The van der Waals surface area contributed by atoms with Gasteiger partial charge in [-0.2, -0.15) is 5.21 Å². The second-order valence-electron chi connectivity index (χ2n) is 7.92. The van der Waals surface area contributed by atoms with Crippen molar-refractivity contribution < 1.29 is 14.3 Å². The van der Waals surface area contributed by atoms with Gasteiger partial charge in [-0.15, -0.1) is 22.0 Å². The number of aromatic amines is 1. The number of fused-ring (bicyclic) bond motifs is 1. The molecule has 0 bridgehead atoms. The van der Waals surface area contributed by atoms with E-state index >= 15 is 0 Å². The lowest BCUT2D eigenvalue weighted by Crippen LogP contribution is -2.64. The fraction of sp³-hybridized carbons (Fsp3) is 0.250. The van der Waals surface area contributed by atoms with Gasteiger partial charge in [-0.1, -0.05) is 72.4 Å². The summed E-state index contributed by atoms with van der Waals surface area (Å²) in [5.74, 6) is -0.493. The fourth-order valence-electron chi connectivity index (χ4n) is 4.09. The lowest BCUT2D eigenvalue weighted by Gasteiger charge is -2.44. The summed E-state index contributed by atoms with van der Waals surface area (Å²) in [6.07, 6.45) is -0.653. The summed E-state index contributed by atoms with van der Waals surface area (Å²) in [5.41, 5.74) is 2.58. The Morgan fingerprint density at radius 3 is 2.43 bits per heavy atom. The van der Waals surface area contributed by atoms with Crippen LogP contribution in [0.25, 0.3) is 4.85 Å². The molecule has 3 atom stereocenters. The second-order valence-corrected chi connectivity index (χ2v) is 10.3. The number of esters is 1. The molecule has 1 amide bonds. The van der Waals surface area contributed by atoms with Gasteiger partial charge in [0.25, 0.3) is 0 Å². The van der Waals surface area contributed by atoms with Gasteiger partial charge in [-0.25, -0.2) is 11.4 Å². The number of benzene rings is 2. The number of carbonyl (C=O) groups excluding carboxylic acids is 2. The van der Waals surface area contributed by atoms with Gasteiger partial charge in [0.1, 0.15) is 5.70 Å². The molecule has 3 aromatic rings. The van der Waals surface area contributed by atoms with Crippen LogP contribution in [0, 0.1) is 6.57 Å². The summed E-state index contributed by atoms with van der Waals surface area (Å²) in [7, 11) is 0. The molecule has 0 spiro atoms. The number of thioether (sulfide) groups is 2. The van der Waals surface area contributed by atoms with Gasteiger partial charge in [0, 0.05) is 11.0 Å². The number of nitrogens with zero attached hydrogens (tertiary/aromatic N) is 5. The standard InChI is InChI=1S/C24H20N6O3S2/c1-14(35-24-26-28-29-27-24)17-13-34-22-18(25-2)21(31)30(22)19(17)23(32)33-20(15-9-5-3-6-10-15)16-11-7-4-8-12-16/h3-12,14,18,20,22H,13H2,1H3,(H,26,27,28,29)/t14?,18-,22-/m1/s1. The van der Waals surface area contributed by atoms with Crippen LogP contribution in [0.5, 0.6) is 0 Å². The zero-order valence-corrected chi connectivity index (χ0v) is 20.2. The molecule has 176 valence electrons. The van der Waals surface area contributed by atoms with Crippen LogP contribution in [0.2, 0.25) is 0 Å². The Bertz CT molecular complexity index is 1250. The molecule has 5 rings (SSSR count). The maximum atomic E-state index is 13.8. The first-order valence-corrected chi connectivity index (χ1v) is 12.8. The van der Waals surface area contributed by atoms with Crippen LogP contribution in [0.4, 0.5) is 0 Å². The monoisotopic (exact) mass is 504 g/mol. The predicted octanol–water partition coefficient (Wildman–Crippen LogP) is 3.47. The third-order valence-corrected chi connectivity index (χ3v) is 8.14. The number of ether oxygens (including phenoxy) is 1. The third-order valence-electron chi connectivity index (χ3n) is 5.83. The Balaban J connectivity index is 1.52. The van der Waals surface area contributed by atoms with Crippen molar-refractivity contribution in [3.63, 3.8) is 0 Å². The molecule has 35 heavy (non-hydrogen) atoms. The van der Waals surface area contributed by atoms with Crippen molar-refractivity contribution in [2.24, 2.45) is 0 Å². The van der Waals surface area contributed by atoms with Crippen molar-refractivity contribution in [1.29, 1.82) is 0 Å². The number of β-lactam (4-membered cyclic amide) rings is 1. The summed E-state index contributed by atoms with van der Waals surface area (Å²) in [4.78, 5) is 31.5. The molecule has 9 nitrogen and oxygen atoms in total. The van der Waals surface area contributed by atoms with E-state index in [1.807, 2.05) is 67.6 Å². The molecule has 0 radical (unpaired) electrons. The summed E-state index contributed by atoms with van der Waals surface area (Å²) in [6.45, 7) is 9.31. The predicted molar refractivity (Wildman–Crippen MR) is 131 cm³/mol. The van der Waals surface area contributed by atoms with E-state index in [1.54, 1.807) is 0 Å². The third kappa shape index (κ3) is 4.42. The number of carbonyl (C=O) groups is 2. The molecule has 1 unspecified atom stereocenters. The molecule has 1 fully saturated rings. The van der Waals surface area contributed by atoms with Crippen LogP contribution in [-0.2, 0) is 14.3 Å². The van der Waals surface area contributed by atoms with E-state index < -0.39 is 23.5 Å². The highest BCUT2D eigenvalue weighted by atomic mass is 32.2. The molecule has 1 N–H and O–H groups in total. The van der Waals surface area contributed by atoms with Gasteiger partial charge in [0.15, 0.2) is 11.5 Å². The number of H-pyrrole nitrogens is 1. The molecule has 2 aromatic carbocycles. The maximum Gasteiger partial charge on any atom is 0.356 e. The Hall–Kier alpha value is -3.62. The molecule has 3 heterocycles. The highest BCUT2D eigenvalue weighted by Gasteiger charge is 2.59. The van der Waals surface area contributed by atoms with Crippen LogP contribution >= 0.6 is 23.5 Å². The summed E-state index contributed by atoms with van der Waals surface area (Å²) in [6, 6.07) is 18.2. The van der Waals surface area contributed by atoms with Crippen LogP contribution in [0.3, 0.4) is 0 Å². The molecule has 2 aliphatic rings. The molecule has 1 aromatic heterocycles. The maximum absolute atomic E-state index is 13.8. The molecule has 0 aliphatic carbocycles. The normalized spacial score (nSPS) is 20.1. The van der Waals surface area contributed by atoms with Gasteiger partial charge >= 0.3 is 17.9 Å². The lowest BCUT2D eigenvalue weighted by molar-refractivity contribution is -0.152. The zero-order chi connectivity index (χ0) is 24.4. The van der Waals surface area contributed by atoms with E-state index in [1.165, 1.54) is 28.4 Å². The van der Waals surface area contributed by atoms with E-state index in [2.05, 4.69) is 25.5 Å². The molecule has 11 heteroatoms. The van der Waals surface area contributed by atoms with Gasteiger partial charge in [0.05, 0.1) is 0 Å². The second kappa shape index (κ2) is 9.93. The lowest BCUT2D eigenvalue weighted by atomic mass is 10.0. The molecular formula is C24H20N6O3S2. The van der Waals surface area contributed by atoms with E-state index in [0.717, 1.165) is 16.7 Å². The average molecular weight is 505 g/mol. The van der Waals surface area contributed by atoms with Gasteiger partial charge in [-0.3, -0.25) is 14.5 Å². The number of aromatic nitrogens is 4. The van der Waals surface area contributed by atoms with Crippen molar-refractivity contribution in [1.82, 2.24) is 25.5 Å². The minimum atomic E-state index is -0.788. The van der Waals surface area contributed by atoms with Crippen molar-refractivity contribution >= 4 is 35.4 Å². The van der Waals surface area contributed by atoms with Crippen molar-refractivity contribution in [3.8, 4) is 0 Å². The first-order valence-electron chi connectivity index (χ1n) is 10.8. The molecule has 2 aliphatic heterocycles. The molecule has 1 saturated heterocycles. The van der Waals surface area contributed by atoms with Gasteiger partial charge in [0.2, 0.25) is 5.16 Å². The van der Waals surface area contributed by atoms with E-state index in [0.29, 0.717) is 10.9 Å². The van der Waals surface area contributed by atoms with E-state index in [-0.39, 0.29) is 16.9 Å². The highest BCUT2D eigenvalue weighted by molar-refractivity contribution is 8.01. The van der Waals surface area contributed by atoms with Crippen LogP contribution in [-0.4, -0.2) is 59.8 Å². The van der Waals surface area contributed by atoms with Crippen LogP contribution in [0.1, 0.15) is 24.2 Å². The Morgan fingerprint density at radius 2 is 1.86 bits per heavy atom. The van der Waals surface area contributed by atoms with Gasteiger partial charge < -0.3 is 4.74 Å². The number of tetrazole rings is 1. The summed E-state index contributed by atoms with van der Waals surface area (Å²) >= 11 is 2.81. The number of amides is 1. The molecule has 0 saturated carbocycles. The topological polar surface area (TPSA) is 105 Å². The van der Waals surface area contributed by atoms with E-state index in [9.17, 15) is 9.59 Å². The smallest absolute Gasteiger partial charge is 0.356 e. The average Bonchev–Trinajstić information content (AvgIpc) is 3.40. The Morgan fingerprint density at radius 1 is 1.20 bits per heavy atom. The quantitative estimate of drug-likeness (QED) is 0.226. The zero-order valence-electron chi connectivity index (χ0n) is 18.6. The first kappa shape index (κ1) is 23.1. The van der Waals surface area contributed by atoms with Gasteiger partial charge in [-0.05, 0) is 28.8 Å². The number of hydrogen-bond acceptors (Lipinski definition) is 8. The Kier molecular flexibility index (Phi) is 6.57. The fourth-order valence-corrected chi connectivity index (χ4v) is 6.48. The number of rotatable bonds is 7. The summed E-state index contributed by atoms with van der Waals surface area (Å²) in [5, 5.41) is 13.8. The minimum Gasteiger partial charge on any atom is -0.448 e. The number of nitrogens with one attached hydrogen (secondary N) is 1.